The van der Waals surface area contributed by atoms with Gasteiger partial charge in [0.15, 0.2) is 11.4 Å². The molecule has 0 amide bonds. The molecule has 0 fully saturated rings. The molecule has 4 nitrogen and oxygen atoms in total. The molecule has 0 atom stereocenters. The van der Waals surface area contributed by atoms with Crippen molar-refractivity contribution in [2.45, 2.75) is 38.7 Å². The number of Topliss-reactive ketones (excluding diaryl/α,β-unsaturated/α-hetero) is 1. The molecule has 1 aliphatic rings. The van der Waals surface area contributed by atoms with Crippen LogP contribution in [-0.2, 0) is 11.2 Å². The average molecular weight is 248 g/mol. The number of hydrogen-bond donors (Lipinski definition) is 1. The van der Waals surface area contributed by atoms with E-state index < -0.39 is 11.6 Å². The summed E-state index contributed by atoms with van der Waals surface area (Å²) in [5, 5.41) is 9.00. The van der Waals surface area contributed by atoms with Gasteiger partial charge in [0, 0.05) is 12.0 Å². The summed E-state index contributed by atoms with van der Waals surface area (Å²) in [5.41, 5.74) is 0.416. The van der Waals surface area contributed by atoms with Crippen molar-refractivity contribution in [2.75, 3.05) is 0 Å². The molecule has 0 saturated carbocycles. The zero-order valence-electron chi connectivity index (χ0n) is 10.5. The first-order chi connectivity index (χ1) is 8.40. The molecule has 0 saturated heterocycles. The third-order valence-electron chi connectivity index (χ3n) is 3.12. The van der Waals surface area contributed by atoms with Crippen molar-refractivity contribution in [1.82, 2.24) is 0 Å². The lowest BCUT2D eigenvalue weighted by atomic mass is 9.90. The van der Waals surface area contributed by atoms with Gasteiger partial charge in [-0.05, 0) is 50.5 Å². The van der Waals surface area contributed by atoms with Crippen LogP contribution in [0.4, 0.5) is 0 Å². The molecular weight excluding hydrogens is 232 g/mol. The number of fused-ring (bicyclic) bond motifs is 1. The first kappa shape index (κ1) is 12.6. The SMILES string of the molecule is CC(C)(Oc1ccc2c(c1)CCCC2=O)C(=O)O. The van der Waals surface area contributed by atoms with Gasteiger partial charge in [0.05, 0.1) is 0 Å². The van der Waals surface area contributed by atoms with E-state index in [4.69, 9.17) is 9.84 Å². The van der Waals surface area contributed by atoms with Crippen LogP contribution >= 0.6 is 0 Å². The maximum atomic E-state index is 11.7. The average Bonchev–Trinajstić information content (AvgIpc) is 2.28. The molecule has 0 heterocycles. The van der Waals surface area contributed by atoms with Gasteiger partial charge in [-0.3, -0.25) is 4.79 Å². The van der Waals surface area contributed by atoms with Crippen molar-refractivity contribution < 1.29 is 19.4 Å². The Hall–Kier alpha value is -1.84. The predicted molar refractivity (Wildman–Crippen MR) is 66.1 cm³/mol. The largest absolute Gasteiger partial charge is 0.478 e. The Morgan fingerprint density at radius 3 is 2.72 bits per heavy atom. The Morgan fingerprint density at radius 1 is 1.33 bits per heavy atom. The number of carboxylic acid groups (broad SMARTS) is 1. The van der Waals surface area contributed by atoms with Crippen molar-refractivity contribution >= 4 is 11.8 Å². The summed E-state index contributed by atoms with van der Waals surface area (Å²) >= 11 is 0. The lowest BCUT2D eigenvalue weighted by molar-refractivity contribution is -0.152. The van der Waals surface area contributed by atoms with Crippen LogP contribution < -0.4 is 4.74 Å². The van der Waals surface area contributed by atoms with Gasteiger partial charge in [-0.2, -0.15) is 0 Å². The normalized spacial score (nSPS) is 15.1. The highest BCUT2D eigenvalue weighted by Gasteiger charge is 2.29. The highest BCUT2D eigenvalue weighted by Crippen LogP contribution is 2.27. The van der Waals surface area contributed by atoms with E-state index in [2.05, 4.69) is 0 Å². The quantitative estimate of drug-likeness (QED) is 0.892. The maximum absolute atomic E-state index is 11.7. The molecule has 0 bridgehead atoms. The van der Waals surface area contributed by atoms with Gasteiger partial charge in [-0.15, -0.1) is 0 Å². The number of hydrogen-bond acceptors (Lipinski definition) is 3. The van der Waals surface area contributed by atoms with Gasteiger partial charge in [0.25, 0.3) is 0 Å². The molecule has 0 aliphatic heterocycles. The highest BCUT2D eigenvalue weighted by atomic mass is 16.5. The Kier molecular flexibility index (Phi) is 3.11. The third-order valence-corrected chi connectivity index (χ3v) is 3.12. The third kappa shape index (κ3) is 2.37. The summed E-state index contributed by atoms with van der Waals surface area (Å²) in [6, 6.07) is 5.16. The van der Waals surface area contributed by atoms with Crippen molar-refractivity contribution in [3.63, 3.8) is 0 Å². The topological polar surface area (TPSA) is 63.6 Å². The summed E-state index contributed by atoms with van der Waals surface area (Å²) in [6.07, 6.45) is 2.28. The molecule has 18 heavy (non-hydrogen) atoms. The van der Waals surface area contributed by atoms with E-state index in [1.165, 1.54) is 13.8 Å². The van der Waals surface area contributed by atoms with E-state index in [1.807, 2.05) is 0 Å². The Balaban J connectivity index is 2.27. The second-order valence-corrected chi connectivity index (χ2v) is 5.01. The van der Waals surface area contributed by atoms with Crippen molar-refractivity contribution in [3.05, 3.63) is 29.3 Å². The Labute approximate surface area is 106 Å². The van der Waals surface area contributed by atoms with Crippen LogP contribution in [0.15, 0.2) is 18.2 Å². The van der Waals surface area contributed by atoms with E-state index in [1.54, 1.807) is 18.2 Å². The summed E-state index contributed by atoms with van der Waals surface area (Å²) in [6.45, 7) is 3.00. The molecule has 96 valence electrons. The molecule has 0 unspecified atom stereocenters. The first-order valence-electron chi connectivity index (χ1n) is 5.99. The fourth-order valence-electron chi connectivity index (χ4n) is 2.02. The molecular formula is C14H16O4. The summed E-state index contributed by atoms with van der Waals surface area (Å²) in [4.78, 5) is 22.6. The second-order valence-electron chi connectivity index (χ2n) is 5.01. The van der Waals surface area contributed by atoms with E-state index in [-0.39, 0.29) is 5.78 Å². The maximum Gasteiger partial charge on any atom is 0.347 e. The minimum Gasteiger partial charge on any atom is -0.478 e. The second kappa shape index (κ2) is 4.44. The number of aliphatic carboxylic acids is 1. The summed E-state index contributed by atoms with van der Waals surface area (Å²) in [7, 11) is 0. The van der Waals surface area contributed by atoms with E-state index in [9.17, 15) is 9.59 Å². The van der Waals surface area contributed by atoms with Gasteiger partial charge in [-0.1, -0.05) is 0 Å². The predicted octanol–water partition coefficient (Wildman–Crippen LogP) is 2.45. The zero-order valence-corrected chi connectivity index (χ0v) is 10.5. The zero-order chi connectivity index (χ0) is 13.3. The van der Waals surface area contributed by atoms with Crippen molar-refractivity contribution in [1.29, 1.82) is 0 Å². The Bertz CT molecular complexity index is 503. The monoisotopic (exact) mass is 248 g/mol. The number of aryl methyl sites for hydroxylation is 1. The van der Waals surface area contributed by atoms with Crippen LogP contribution in [0.3, 0.4) is 0 Å². The fourth-order valence-corrected chi connectivity index (χ4v) is 2.02. The van der Waals surface area contributed by atoms with E-state index in [0.29, 0.717) is 12.2 Å². The Morgan fingerprint density at radius 2 is 2.06 bits per heavy atom. The number of ether oxygens (including phenoxy) is 1. The van der Waals surface area contributed by atoms with Crippen LogP contribution in [0.1, 0.15) is 42.6 Å². The highest BCUT2D eigenvalue weighted by molar-refractivity contribution is 5.98. The fraction of sp³-hybridized carbons (Fsp3) is 0.429. The lowest BCUT2D eigenvalue weighted by Crippen LogP contribution is -2.37. The molecule has 0 spiro atoms. The molecule has 1 N–H and O–H groups in total. The van der Waals surface area contributed by atoms with Crippen molar-refractivity contribution in [3.8, 4) is 5.75 Å². The van der Waals surface area contributed by atoms with Gasteiger partial charge in [0.2, 0.25) is 0 Å². The van der Waals surface area contributed by atoms with Crippen LogP contribution in [0.25, 0.3) is 0 Å². The molecule has 1 aromatic rings. The number of carbonyl (C=O) groups is 2. The van der Waals surface area contributed by atoms with Gasteiger partial charge in [0.1, 0.15) is 5.75 Å². The minimum atomic E-state index is -1.27. The van der Waals surface area contributed by atoms with Gasteiger partial charge < -0.3 is 9.84 Å². The number of ketones is 1. The van der Waals surface area contributed by atoms with Crippen LogP contribution in [0.5, 0.6) is 5.75 Å². The van der Waals surface area contributed by atoms with Crippen LogP contribution in [-0.4, -0.2) is 22.5 Å². The smallest absolute Gasteiger partial charge is 0.347 e. The number of carbonyl (C=O) groups excluding carboxylic acids is 1. The van der Waals surface area contributed by atoms with Gasteiger partial charge in [-0.25, -0.2) is 4.79 Å². The van der Waals surface area contributed by atoms with Gasteiger partial charge >= 0.3 is 5.97 Å². The van der Waals surface area contributed by atoms with E-state index >= 15 is 0 Å². The number of rotatable bonds is 3. The lowest BCUT2D eigenvalue weighted by Gasteiger charge is -2.23. The number of carboxylic acids is 1. The van der Waals surface area contributed by atoms with Crippen molar-refractivity contribution in [2.24, 2.45) is 0 Å². The molecule has 4 heteroatoms. The first-order valence-corrected chi connectivity index (χ1v) is 5.99. The molecule has 1 aliphatic carbocycles. The molecule has 1 aromatic carbocycles. The van der Waals surface area contributed by atoms with E-state index in [0.717, 1.165) is 24.0 Å². The van der Waals surface area contributed by atoms with Crippen LogP contribution in [0.2, 0.25) is 0 Å². The summed E-state index contributed by atoms with van der Waals surface area (Å²) in [5.74, 6) is -0.368. The minimum absolute atomic E-state index is 0.153. The molecule has 0 aromatic heterocycles. The van der Waals surface area contributed by atoms with Crippen LogP contribution in [0, 0.1) is 0 Å². The number of benzene rings is 1. The summed E-state index contributed by atoms with van der Waals surface area (Å²) < 4.78 is 5.45. The molecule has 2 rings (SSSR count). The molecule has 0 radical (unpaired) electrons. The standard InChI is InChI=1S/C14H16O4/c1-14(2,13(16)17)18-10-6-7-11-9(8-10)4-3-5-12(11)15/h6-8H,3-5H2,1-2H3,(H,16,17).